The molecule has 0 aliphatic rings. The minimum atomic E-state index is -4.40. The summed E-state index contributed by atoms with van der Waals surface area (Å²) in [5.41, 5.74) is 1.69. The number of nitrogens with zero attached hydrogens (tertiary/aromatic N) is 1. The highest BCUT2D eigenvalue weighted by Gasteiger charge is 2.31. The molecule has 1 rings (SSSR count). The Morgan fingerprint density at radius 3 is 2.47 bits per heavy atom. The van der Waals surface area contributed by atoms with Gasteiger partial charge in [-0.15, -0.1) is 0 Å². The highest BCUT2D eigenvalue weighted by atomic mass is 79.9. The van der Waals surface area contributed by atoms with Gasteiger partial charge in [-0.1, -0.05) is 15.9 Å². The Morgan fingerprint density at radius 1 is 1.35 bits per heavy atom. The van der Waals surface area contributed by atoms with E-state index in [2.05, 4.69) is 31.7 Å². The Kier molecular flexibility index (Phi) is 4.35. The van der Waals surface area contributed by atoms with E-state index < -0.39 is 11.7 Å². The Balaban J connectivity index is 3.06. The lowest BCUT2D eigenvalue weighted by Gasteiger charge is -2.12. The van der Waals surface area contributed by atoms with Crippen LogP contribution in [0.5, 0.6) is 0 Å². The van der Waals surface area contributed by atoms with Gasteiger partial charge in [0.2, 0.25) is 5.96 Å². The molecule has 4 N–H and O–H groups in total. The largest absolute Gasteiger partial charge is 0.416 e. The van der Waals surface area contributed by atoms with Crippen LogP contribution >= 0.6 is 15.9 Å². The summed E-state index contributed by atoms with van der Waals surface area (Å²) in [6, 6.07) is 3.44. The standard InChI is InChI=1S/C9H10BrF3N4/c1-15-8(17-14)16-7-3-5(9(11,12)13)2-6(10)4-7/h2-4H,14H2,1H3,(H2,15,16,17). The van der Waals surface area contributed by atoms with Crippen molar-refractivity contribution < 1.29 is 13.2 Å². The van der Waals surface area contributed by atoms with Crippen molar-refractivity contribution in [2.24, 2.45) is 10.8 Å². The Bertz CT molecular complexity index is 431. The maximum Gasteiger partial charge on any atom is 0.416 e. The van der Waals surface area contributed by atoms with Crippen LogP contribution in [0.1, 0.15) is 5.56 Å². The first kappa shape index (κ1) is 13.8. The summed E-state index contributed by atoms with van der Waals surface area (Å²) in [6.07, 6.45) is -4.40. The van der Waals surface area contributed by atoms with E-state index in [0.717, 1.165) is 12.1 Å². The van der Waals surface area contributed by atoms with E-state index in [4.69, 9.17) is 5.84 Å². The number of nitrogens with two attached hydrogens (primary N) is 1. The van der Waals surface area contributed by atoms with E-state index in [0.29, 0.717) is 4.47 Å². The van der Waals surface area contributed by atoms with Crippen molar-refractivity contribution >= 4 is 27.6 Å². The molecule has 0 spiro atoms. The van der Waals surface area contributed by atoms with E-state index >= 15 is 0 Å². The van der Waals surface area contributed by atoms with Gasteiger partial charge in [0.15, 0.2) is 0 Å². The molecular weight excluding hydrogens is 301 g/mol. The van der Waals surface area contributed by atoms with Crippen molar-refractivity contribution in [2.45, 2.75) is 6.18 Å². The van der Waals surface area contributed by atoms with E-state index in [9.17, 15) is 13.2 Å². The Morgan fingerprint density at radius 2 is 2.00 bits per heavy atom. The number of anilines is 1. The number of benzene rings is 1. The summed E-state index contributed by atoms with van der Waals surface area (Å²) in [7, 11) is 1.45. The molecule has 0 aromatic heterocycles. The second-order valence-electron chi connectivity index (χ2n) is 3.07. The van der Waals surface area contributed by atoms with Crippen LogP contribution in [0.3, 0.4) is 0 Å². The summed E-state index contributed by atoms with van der Waals surface area (Å²) in [6.45, 7) is 0. The SMILES string of the molecule is CN=C(NN)Nc1cc(Br)cc(C(F)(F)F)c1. The van der Waals surface area contributed by atoms with Crippen molar-refractivity contribution in [1.82, 2.24) is 5.43 Å². The third-order valence-corrected chi connectivity index (χ3v) is 2.31. The Labute approximate surface area is 104 Å². The van der Waals surface area contributed by atoms with Crippen molar-refractivity contribution in [3.05, 3.63) is 28.2 Å². The molecule has 0 radical (unpaired) electrons. The first-order valence-corrected chi connectivity index (χ1v) is 5.24. The van der Waals surface area contributed by atoms with Crippen molar-refractivity contribution in [2.75, 3.05) is 12.4 Å². The molecule has 0 unspecified atom stereocenters. The minimum absolute atomic E-state index is 0.163. The molecule has 0 heterocycles. The van der Waals surface area contributed by atoms with Gasteiger partial charge in [0, 0.05) is 17.2 Å². The summed E-state index contributed by atoms with van der Waals surface area (Å²) in [4.78, 5) is 3.70. The van der Waals surface area contributed by atoms with E-state index in [1.165, 1.54) is 13.1 Å². The molecule has 0 aliphatic carbocycles. The summed E-state index contributed by atoms with van der Waals surface area (Å²) in [5, 5.41) is 2.62. The second kappa shape index (κ2) is 5.37. The lowest BCUT2D eigenvalue weighted by molar-refractivity contribution is -0.137. The predicted octanol–water partition coefficient (Wildman–Crippen LogP) is 2.33. The van der Waals surface area contributed by atoms with Gasteiger partial charge in [-0.2, -0.15) is 13.2 Å². The zero-order valence-corrected chi connectivity index (χ0v) is 10.4. The smallest absolute Gasteiger partial charge is 0.325 e. The maximum atomic E-state index is 12.5. The third-order valence-electron chi connectivity index (χ3n) is 1.85. The third kappa shape index (κ3) is 3.90. The first-order valence-electron chi connectivity index (χ1n) is 4.45. The zero-order valence-electron chi connectivity index (χ0n) is 8.77. The quantitative estimate of drug-likeness (QED) is 0.323. The van der Waals surface area contributed by atoms with Crippen LogP contribution in [0.4, 0.5) is 18.9 Å². The molecule has 0 bridgehead atoms. The highest BCUT2D eigenvalue weighted by Crippen LogP contribution is 2.33. The predicted molar refractivity (Wildman–Crippen MR) is 63.4 cm³/mol. The molecule has 1 aromatic carbocycles. The van der Waals surface area contributed by atoms with Crippen LogP contribution in [0.2, 0.25) is 0 Å². The normalized spacial score (nSPS) is 12.5. The topological polar surface area (TPSA) is 62.4 Å². The summed E-state index contributed by atoms with van der Waals surface area (Å²) < 4.78 is 37.9. The number of rotatable bonds is 1. The average molecular weight is 311 g/mol. The van der Waals surface area contributed by atoms with Gasteiger partial charge >= 0.3 is 6.18 Å². The van der Waals surface area contributed by atoms with Gasteiger partial charge in [-0.25, -0.2) is 5.84 Å². The molecule has 8 heteroatoms. The van der Waals surface area contributed by atoms with Crippen molar-refractivity contribution in [3.63, 3.8) is 0 Å². The lowest BCUT2D eigenvalue weighted by atomic mass is 10.2. The minimum Gasteiger partial charge on any atom is -0.325 e. The lowest BCUT2D eigenvalue weighted by Crippen LogP contribution is -2.36. The van der Waals surface area contributed by atoms with E-state index in [1.807, 2.05) is 0 Å². The van der Waals surface area contributed by atoms with Crippen LogP contribution in [-0.4, -0.2) is 13.0 Å². The fourth-order valence-electron chi connectivity index (χ4n) is 1.12. The first-order chi connectivity index (χ1) is 7.86. The second-order valence-corrected chi connectivity index (χ2v) is 3.98. The molecule has 0 aliphatic heterocycles. The fourth-order valence-corrected chi connectivity index (χ4v) is 1.61. The molecule has 0 saturated heterocycles. The van der Waals surface area contributed by atoms with Gasteiger partial charge < -0.3 is 5.32 Å². The van der Waals surface area contributed by atoms with E-state index in [1.54, 1.807) is 0 Å². The number of hydrogen-bond donors (Lipinski definition) is 3. The van der Waals surface area contributed by atoms with Crippen LogP contribution in [-0.2, 0) is 6.18 Å². The average Bonchev–Trinajstić information content (AvgIpc) is 2.24. The molecular formula is C9H10BrF3N4. The summed E-state index contributed by atoms with van der Waals surface area (Å²) in [5.74, 6) is 5.28. The molecule has 0 saturated carbocycles. The van der Waals surface area contributed by atoms with Gasteiger partial charge in [-0.3, -0.25) is 10.4 Å². The van der Waals surface area contributed by atoms with Gasteiger partial charge in [-0.05, 0) is 18.2 Å². The molecule has 4 nitrogen and oxygen atoms in total. The van der Waals surface area contributed by atoms with Gasteiger partial charge in [0.1, 0.15) is 0 Å². The van der Waals surface area contributed by atoms with Crippen LogP contribution in [0.25, 0.3) is 0 Å². The molecule has 0 fully saturated rings. The zero-order chi connectivity index (χ0) is 13.1. The van der Waals surface area contributed by atoms with Crippen LogP contribution in [0, 0.1) is 0 Å². The number of nitrogens with one attached hydrogen (secondary N) is 2. The number of aliphatic imine (C=N–C) groups is 1. The number of alkyl halides is 3. The number of hydrazine groups is 1. The van der Waals surface area contributed by atoms with Gasteiger partial charge in [0.05, 0.1) is 5.56 Å². The van der Waals surface area contributed by atoms with Crippen LogP contribution < -0.4 is 16.6 Å². The Hall–Kier alpha value is -1.28. The maximum absolute atomic E-state index is 12.5. The molecule has 94 valence electrons. The highest BCUT2D eigenvalue weighted by molar-refractivity contribution is 9.10. The molecule has 1 aromatic rings. The molecule has 0 atom stereocenters. The number of guanidine groups is 1. The summed E-state index contributed by atoms with van der Waals surface area (Å²) >= 11 is 3.01. The van der Waals surface area contributed by atoms with Crippen LogP contribution in [0.15, 0.2) is 27.7 Å². The molecule has 0 amide bonds. The fraction of sp³-hybridized carbons (Fsp3) is 0.222. The number of halogens is 4. The van der Waals surface area contributed by atoms with E-state index in [-0.39, 0.29) is 11.6 Å². The molecule has 17 heavy (non-hydrogen) atoms. The monoisotopic (exact) mass is 310 g/mol. The van der Waals surface area contributed by atoms with Crippen molar-refractivity contribution in [1.29, 1.82) is 0 Å². The number of hydrogen-bond acceptors (Lipinski definition) is 2. The van der Waals surface area contributed by atoms with Crippen molar-refractivity contribution in [3.8, 4) is 0 Å². The van der Waals surface area contributed by atoms with Gasteiger partial charge in [0.25, 0.3) is 0 Å².